The van der Waals surface area contributed by atoms with E-state index in [0.717, 1.165) is 0 Å². The van der Waals surface area contributed by atoms with Crippen molar-refractivity contribution < 1.29 is 22.7 Å². The summed E-state index contributed by atoms with van der Waals surface area (Å²) in [7, 11) is -3.06. The number of ether oxygens (including phenoxy) is 2. The molecule has 1 fully saturated rings. The van der Waals surface area contributed by atoms with Gasteiger partial charge in [0.15, 0.2) is 27.9 Å². The molecule has 0 aliphatic carbocycles. The number of carbonyl (C=O) groups is 1. The maximum atomic E-state index is 12.0. The lowest BCUT2D eigenvalue weighted by Crippen LogP contribution is -2.48. The van der Waals surface area contributed by atoms with Crippen LogP contribution in [0.25, 0.3) is 0 Å². The zero-order valence-electron chi connectivity index (χ0n) is 12.8. The molecule has 1 atom stereocenters. The molecule has 0 spiro atoms. The second-order valence-electron chi connectivity index (χ2n) is 5.62. The highest BCUT2D eigenvalue weighted by Crippen LogP contribution is 2.26. The normalized spacial score (nSPS) is 23.0. The molecule has 0 saturated carbocycles. The molecule has 2 rings (SSSR count). The molecule has 6 nitrogen and oxygen atoms in total. The van der Waals surface area contributed by atoms with Crippen molar-refractivity contribution in [3.63, 3.8) is 0 Å². The van der Waals surface area contributed by atoms with Crippen LogP contribution >= 0.6 is 0 Å². The van der Waals surface area contributed by atoms with Gasteiger partial charge in [0.2, 0.25) is 0 Å². The van der Waals surface area contributed by atoms with E-state index in [-0.39, 0.29) is 24.0 Å². The van der Waals surface area contributed by atoms with Gasteiger partial charge >= 0.3 is 0 Å². The quantitative estimate of drug-likeness (QED) is 0.848. The molecule has 22 heavy (non-hydrogen) atoms. The Hall–Kier alpha value is -1.76. The monoisotopic (exact) mass is 327 g/mol. The van der Waals surface area contributed by atoms with Crippen LogP contribution in [0.1, 0.15) is 20.3 Å². The van der Waals surface area contributed by atoms with Crippen LogP contribution in [0.5, 0.6) is 11.5 Å². The Morgan fingerprint density at radius 3 is 2.45 bits per heavy atom. The van der Waals surface area contributed by atoms with Crippen LogP contribution in [0, 0.1) is 0 Å². The summed E-state index contributed by atoms with van der Waals surface area (Å²) in [6.45, 7) is 3.93. The third-order valence-corrected chi connectivity index (χ3v) is 5.36. The zero-order chi connectivity index (χ0) is 16.2. The van der Waals surface area contributed by atoms with Gasteiger partial charge in [0.25, 0.3) is 5.91 Å². The highest BCUT2D eigenvalue weighted by atomic mass is 32.2. The maximum absolute atomic E-state index is 12.0. The predicted molar refractivity (Wildman–Crippen MR) is 82.9 cm³/mol. The molecule has 1 aliphatic rings. The predicted octanol–water partition coefficient (Wildman–Crippen LogP) is 1.16. The Morgan fingerprint density at radius 1 is 1.27 bits per heavy atom. The van der Waals surface area contributed by atoms with Gasteiger partial charge in [0.05, 0.1) is 23.7 Å². The van der Waals surface area contributed by atoms with Gasteiger partial charge in [-0.3, -0.25) is 4.79 Å². The summed E-state index contributed by atoms with van der Waals surface area (Å²) in [5.41, 5.74) is -0.710. The number of amides is 1. The molecule has 0 bridgehead atoms. The van der Waals surface area contributed by atoms with E-state index in [2.05, 4.69) is 5.32 Å². The number of rotatable bonds is 6. The third-order valence-electron chi connectivity index (χ3n) is 3.45. The molecule has 1 N–H and O–H groups in total. The summed E-state index contributed by atoms with van der Waals surface area (Å²) in [5.74, 6) is 0.807. The molecule has 0 aromatic heterocycles. The molecule has 1 saturated heterocycles. The number of carbonyl (C=O) groups excluding carboxylic acids is 1. The summed E-state index contributed by atoms with van der Waals surface area (Å²) in [5, 5.41) is 2.75. The topological polar surface area (TPSA) is 81.7 Å². The van der Waals surface area contributed by atoms with Crippen LogP contribution in [-0.2, 0) is 14.6 Å². The van der Waals surface area contributed by atoms with Crippen molar-refractivity contribution in [1.29, 1.82) is 0 Å². The maximum Gasteiger partial charge on any atom is 0.258 e. The van der Waals surface area contributed by atoms with Gasteiger partial charge in [-0.15, -0.1) is 0 Å². The van der Waals surface area contributed by atoms with Gasteiger partial charge in [0.1, 0.15) is 0 Å². The largest absolute Gasteiger partial charge is 0.490 e. The number of hydrogen-bond acceptors (Lipinski definition) is 5. The Bertz CT molecular complexity index is 643. The van der Waals surface area contributed by atoms with Crippen LogP contribution in [0.15, 0.2) is 24.3 Å². The van der Waals surface area contributed by atoms with Gasteiger partial charge in [-0.05, 0) is 32.4 Å². The molecule has 1 aliphatic heterocycles. The summed E-state index contributed by atoms with van der Waals surface area (Å²) in [6.07, 6.45) is 0.427. The third kappa shape index (κ3) is 4.37. The van der Waals surface area contributed by atoms with Crippen molar-refractivity contribution in [2.75, 3.05) is 24.7 Å². The second-order valence-corrected chi connectivity index (χ2v) is 7.80. The standard InChI is InChI=1S/C15H21NO5S/c1-3-20-12-6-4-5-7-13(12)21-10-14(17)16-15(2)8-9-22(18,19)11-15/h4-7H,3,8-11H2,1-2H3,(H,16,17)/t15-/m1/s1. The average Bonchev–Trinajstić information content (AvgIpc) is 2.72. The van der Waals surface area contributed by atoms with E-state index >= 15 is 0 Å². The van der Waals surface area contributed by atoms with Crippen molar-refractivity contribution in [3.8, 4) is 11.5 Å². The molecule has 1 amide bonds. The molecule has 0 unspecified atom stereocenters. The van der Waals surface area contributed by atoms with Crippen molar-refractivity contribution in [3.05, 3.63) is 24.3 Å². The van der Waals surface area contributed by atoms with E-state index in [4.69, 9.17) is 9.47 Å². The lowest BCUT2D eigenvalue weighted by Gasteiger charge is -2.24. The van der Waals surface area contributed by atoms with Crippen LogP contribution < -0.4 is 14.8 Å². The fourth-order valence-electron chi connectivity index (χ4n) is 2.47. The lowest BCUT2D eigenvalue weighted by atomic mass is 10.0. The highest BCUT2D eigenvalue weighted by molar-refractivity contribution is 7.91. The SMILES string of the molecule is CCOc1ccccc1OCC(=O)N[C@]1(C)CCS(=O)(=O)C1. The van der Waals surface area contributed by atoms with E-state index in [0.29, 0.717) is 24.5 Å². The van der Waals surface area contributed by atoms with Gasteiger partial charge < -0.3 is 14.8 Å². The Morgan fingerprint density at radius 2 is 1.91 bits per heavy atom. The van der Waals surface area contributed by atoms with E-state index in [1.165, 1.54) is 0 Å². The number of nitrogens with one attached hydrogen (secondary N) is 1. The molecule has 1 heterocycles. The van der Waals surface area contributed by atoms with Crippen LogP contribution in [0.3, 0.4) is 0 Å². The second kappa shape index (κ2) is 6.56. The van der Waals surface area contributed by atoms with E-state index in [1.54, 1.807) is 25.1 Å². The first-order chi connectivity index (χ1) is 10.3. The summed E-state index contributed by atoms with van der Waals surface area (Å²) < 4.78 is 33.9. The number of hydrogen-bond donors (Lipinski definition) is 1. The summed E-state index contributed by atoms with van der Waals surface area (Å²) >= 11 is 0. The van der Waals surface area contributed by atoms with Gasteiger partial charge in [-0.25, -0.2) is 8.42 Å². The number of sulfone groups is 1. The molecular formula is C15H21NO5S. The Kier molecular flexibility index (Phi) is 4.95. The Balaban J connectivity index is 1.91. The Labute approximate surface area is 130 Å². The number of para-hydroxylation sites is 2. The molecule has 1 aromatic rings. The minimum Gasteiger partial charge on any atom is -0.490 e. The molecular weight excluding hydrogens is 306 g/mol. The molecule has 122 valence electrons. The van der Waals surface area contributed by atoms with Gasteiger partial charge in [0, 0.05) is 0 Å². The first-order valence-corrected chi connectivity index (χ1v) is 9.02. The van der Waals surface area contributed by atoms with Crippen LogP contribution in [0.4, 0.5) is 0 Å². The number of benzene rings is 1. The highest BCUT2D eigenvalue weighted by Gasteiger charge is 2.39. The fourth-order valence-corrected chi connectivity index (χ4v) is 4.56. The molecule has 1 aromatic carbocycles. The fraction of sp³-hybridized carbons (Fsp3) is 0.533. The molecule has 7 heteroatoms. The lowest BCUT2D eigenvalue weighted by molar-refractivity contribution is -0.124. The smallest absolute Gasteiger partial charge is 0.258 e. The van der Waals surface area contributed by atoms with Crippen LogP contribution in [0.2, 0.25) is 0 Å². The van der Waals surface area contributed by atoms with Crippen molar-refractivity contribution in [1.82, 2.24) is 5.32 Å². The molecule has 0 radical (unpaired) electrons. The van der Waals surface area contributed by atoms with Gasteiger partial charge in [-0.1, -0.05) is 12.1 Å². The zero-order valence-corrected chi connectivity index (χ0v) is 13.6. The minimum absolute atomic E-state index is 0.0265. The first-order valence-electron chi connectivity index (χ1n) is 7.20. The summed E-state index contributed by atoms with van der Waals surface area (Å²) in [6, 6.07) is 7.10. The average molecular weight is 327 g/mol. The minimum atomic E-state index is -3.06. The van der Waals surface area contributed by atoms with Crippen LogP contribution in [-0.4, -0.2) is 44.6 Å². The van der Waals surface area contributed by atoms with Crippen molar-refractivity contribution in [2.45, 2.75) is 25.8 Å². The van der Waals surface area contributed by atoms with Crippen molar-refractivity contribution in [2.24, 2.45) is 0 Å². The first kappa shape index (κ1) is 16.6. The summed E-state index contributed by atoms with van der Waals surface area (Å²) in [4.78, 5) is 12.0. The van der Waals surface area contributed by atoms with E-state index < -0.39 is 15.4 Å². The van der Waals surface area contributed by atoms with E-state index in [1.807, 2.05) is 13.0 Å². The van der Waals surface area contributed by atoms with E-state index in [9.17, 15) is 13.2 Å². The van der Waals surface area contributed by atoms with Crippen molar-refractivity contribution >= 4 is 15.7 Å². The van der Waals surface area contributed by atoms with Gasteiger partial charge in [-0.2, -0.15) is 0 Å².